The minimum atomic E-state index is -4.17. The molecule has 0 saturated heterocycles. The molecule has 10 heteroatoms. The molecule has 0 unspecified atom stereocenters. The summed E-state index contributed by atoms with van der Waals surface area (Å²) >= 11 is 6.19. The second kappa shape index (κ2) is 14.4. The Morgan fingerprint density at radius 2 is 1.63 bits per heavy atom. The number of carbonyl (C=O) groups excluding carboxylic acids is 2. The summed E-state index contributed by atoms with van der Waals surface area (Å²) in [5.74, 6) is -0.323. The molecule has 3 aromatic carbocycles. The zero-order valence-electron chi connectivity index (χ0n) is 24.1. The molecule has 0 aliphatic rings. The molecular formula is C31H38ClN3O5S. The van der Waals surface area contributed by atoms with E-state index >= 15 is 0 Å². The van der Waals surface area contributed by atoms with Crippen LogP contribution in [0.15, 0.2) is 77.7 Å². The van der Waals surface area contributed by atoms with E-state index in [1.165, 1.54) is 17.0 Å². The number of aryl methyl sites for hydroxylation is 1. The minimum absolute atomic E-state index is 0.0123. The summed E-state index contributed by atoms with van der Waals surface area (Å²) in [7, 11) is -4.17. The number of anilines is 1. The topological polar surface area (TPSA) is 96.0 Å². The molecule has 0 aliphatic heterocycles. The molecule has 0 aliphatic carbocycles. The van der Waals surface area contributed by atoms with Gasteiger partial charge in [0, 0.05) is 17.6 Å². The van der Waals surface area contributed by atoms with Crippen molar-refractivity contribution in [1.29, 1.82) is 0 Å². The summed E-state index contributed by atoms with van der Waals surface area (Å²) in [6.45, 7) is 9.21. The van der Waals surface area contributed by atoms with Crippen LogP contribution in [-0.2, 0) is 26.2 Å². The third-order valence-electron chi connectivity index (χ3n) is 6.73. The van der Waals surface area contributed by atoms with E-state index in [4.69, 9.17) is 16.3 Å². The van der Waals surface area contributed by atoms with Gasteiger partial charge in [-0.3, -0.25) is 13.9 Å². The highest BCUT2D eigenvalue weighted by Crippen LogP contribution is 2.26. The molecule has 3 aromatic rings. The zero-order valence-corrected chi connectivity index (χ0v) is 25.7. The summed E-state index contributed by atoms with van der Waals surface area (Å²) in [5.41, 5.74) is 1.99. The van der Waals surface area contributed by atoms with Crippen molar-refractivity contribution in [2.45, 2.75) is 64.6 Å². The first kappa shape index (κ1) is 32.0. The first-order valence-corrected chi connectivity index (χ1v) is 15.4. The number of benzene rings is 3. The quantitative estimate of drug-likeness (QED) is 0.277. The summed E-state index contributed by atoms with van der Waals surface area (Å²) in [6, 6.07) is 19.0. The highest BCUT2D eigenvalue weighted by molar-refractivity contribution is 7.92. The van der Waals surface area contributed by atoms with Crippen molar-refractivity contribution >= 4 is 39.1 Å². The number of halogens is 1. The van der Waals surface area contributed by atoms with Crippen LogP contribution in [-0.4, -0.2) is 50.4 Å². The maximum absolute atomic E-state index is 14.0. The number of hydrogen-bond donors (Lipinski definition) is 1. The second-order valence-electron chi connectivity index (χ2n) is 9.90. The average molecular weight is 600 g/mol. The largest absolute Gasteiger partial charge is 0.494 e. The lowest BCUT2D eigenvalue weighted by atomic mass is 10.1. The van der Waals surface area contributed by atoms with Gasteiger partial charge in [-0.15, -0.1) is 0 Å². The maximum Gasteiger partial charge on any atom is 0.264 e. The Balaban J connectivity index is 2.01. The lowest BCUT2D eigenvalue weighted by Gasteiger charge is -2.32. The molecule has 1 N–H and O–H groups in total. The van der Waals surface area contributed by atoms with E-state index in [9.17, 15) is 18.0 Å². The fraction of sp³-hybridized carbons (Fsp3) is 0.355. The van der Waals surface area contributed by atoms with E-state index in [0.717, 1.165) is 16.3 Å². The van der Waals surface area contributed by atoms with Crippen molar-refractivity contribution < 1.29 is 22.7 Å². The van der Waals surface area contributed by atoms with E-state index < -0.39 is 28.5 Å². The second-order valence-corrected chi connectivity index (χ2v) is 12.2. The Kier molecular flexibility index (Phi) is 11.2. The van der Waals surface area contributed by atoms with Gasteiger partial charge in [0.15, 0.2) is 0 Å². The van der Waals surface area contributed by atoms with Crippen molar-refractivity contribution in [3.05, 3.63) is 88.9 Å². The number of nitrogens with one attached hydrogen (secondary N) is 1. The Hall–Kier alpha value is -3.56. The van der Waals surface area contributed by atoms with Gasteiger partial charge in [0.2, 0.25) is 11.8 Å². The number of nitrogens with zero attached hydrogens (tertiary/aromatic N) is 2. The van der Waals surface area contributed by atoms with E-state index in [2.05, 4.69) is 5.32 Å². The number of ether oxygens (including phenoxy) is 1. The van der Waals surface area contributed by atoms with Gasteiger partial charge in [-0.25, -0.2) is 8.42 Å². The SMILES string of the molecule is CCOc1ccc(S(=O)(=O)N(CC(=O)N(Cc2cccc(Cl)c2)[C@@H](C)C(=O)N[C@H](C)CC)c2ccc(C)cc2)cc1. The van der Waals surface area contributed by atoms with Crippen molar-refractivity contribution in [3.8, 4) is 5.75 Å². The highest BCUT2D eigenvalue weighted by atomic mass is 35.5. The Labute approximate surface area is 248 Å². The fourth-order valence-electron chi connectivity index (χ4n) is 4.12. The Bertz CT molecular complexity index is 1430. The van der Waals surface area contributed by atoms with Gasteiger partial charge in [0.1, 0.15) is 18.3 Å². The van der Waals surface area contributed by atoms with E-state index in [1.54, 1.807) is 67.6 Å². The van der Waals surface area contributed by atoms with Crippen LogP contribution >= 0.6 is 11.6 Å². The summed E-state index contributed by atoms with van der Waals surface area (Å²) in [5, 5.41) is 3.41. The predicted octanol–water partition coefficient (Wildman–Crippen LogP) is 5.57. The van der Waals surface area contributed by atoms with Gasteiger partial charge in [-0.2, -0.15) is 0 Å². The standard InChI is InChI=1S/C31H38ClN3O5S/c1-6-23(4)33-31(37)24(5)34(20-25-9-8-10-26(32)19-25)30(36)21-35(27-13-11-22(3)12-14-27)41(38,39)29-17-15-28(16-18-29)40-7-2/h8-19,23-24H,6-7,20-21H2,1-5H3,(H,33,37)/t23-,24+/m1/s1. The maximum atomic E-state index is 14.0. The third kappa shape index (κ3) is 8.47. The van der Waals surface area contributed by atoms with E-state index in [0.29, 0.717) is 28.6 Å². The third-order valence-corrected chi connectivity index (χ3v) is 8.76. The van der Waals surface area contributed by atoms with Gasteiger partial charge < -0.3 is 15.0 Å². The fourth-order valence-corrected chi connectivity index (χ4v) is 5.75. The smallest absolute Gasteiger partial charge is 0.264 e. The molecule has 0 aromatic heterocycles. The Morgan fingerprint density at radius 1 is 0.976 bits per heavy atom. The van der Waals surface area contributed by atoms with Gasteiger partial charge >= 0.3 is 0 Å². The number of amides is 2. The van der Waals surface area contributed by atoms with Gasteiger partial charge in [-0.05, 0) is 88.2 Å². The molecule has 41 heavy (non-hydrogen) atoms. The van der Waals surface area contributed by atoms with Crippen LogP contribution in [0.1, 0.15) is 45.2 Å². The molecule has 0 saturated carbocycles. The first-order chi connectivity index (χ1) is 19.5. The van der Waals surface area contributed by atoms with Crippen LogP contribution in [0.2, 0.25) is 5.02 Å². The van der Waals surface area contributed by atoms with Crippen LogP contribution in [0.3, 0.4) is 0 Å². The summed E-state index contributed by atoms with van der Waals surface area (Å²) in [6.07, 6.45) is 0.724. The van der Waals surface area contributed by atoms with E-state index in [1.807, 2.05) is 27.7 Å². The molecule has 2 amide bonds. The summed E-state index contributed by atoms with van der Waals surface area (Å²) < 4.78 is 34.4. The monoisotopic (exact) mass is 599 g/mol. The van der Waals surface area contributed by atoms with Crippen molar-refractivity contribution in [1.82, 2.24) is 10.2 Å². The molecule has 2 atom stereocenters. The normalized spacial score (nSPS) is 12.7. The molecule has 0 radical (unpaired) electrons. The number of carbonyl (C=O) groups is 2. The lowest BCUT2D eigenvalue weighted by Crippen LogP contribution is -2.52. The minimum Gasteiger partial charge on any atom is -0.494 e. The molecule has 220 valence electrons. The van der Waals surface area contributed by atoms with Crippen LogP contribution in [0.25, 0.3) is 0 Å². The van der Waals surface area contributed by atoms with Crippen molar-refractivity contribution in [3.63, 3.8) is 0 Å². The average Bonchev–Trinajstić information content (AvgIpc) is 2.95. The molecule has 3 rings (SSSR count). The van der Waals surface area contributed by atoms with Crippen LogP contribution in [0.4, 0.5) is 5.69 Å². The molecule has 0 fully saturated rings. The van der Waals surface area contributed by atoms with Crippen molar-refractivity contribution in [2.75, 3.05) is 17.5 Å². The molecule has 0 heterocycles. The molecule has 8 nitrogen and oxygen atoms in total. The summed E-state index contributed by atoms with van der Waals surface area (Å²) in [4.78, 5) is 28.5. The van der Waals surface area contributed by atoms with E-state index in [-0.39, 0.29) is 23.4 Å². The van der Waals surface area contributed by atoms with Gasteiger partial charge in [-0.1, -0.05) is 48.4 Å². The van der Waals surface area contributed by atoms with Gasteiger partial charge in [0.05, 0.1) is 17.2 Å². The van der Waals surface area contributed by atoms with Crippen LogP contribution < -0.4 is 14.4 Å². The Morgan fingerprint density at radius 3 is 2.22 bits per heavy atom. The highest BCUT2D eigenvalue weighted by Gasteiger charge is 2.32. The first-order valence-electron chi connectivity index (χ1n) is 13.6. The number of sulfonamides is 1. The number of rotatable bonds is 13. The van der Waals surface area contributed by atoms with Crippen molar-refractivity contribution in [2.24, 2.45) is 0 Å². The number of hydrogen-bond acceptors (Lipinski definition) is 5. The molecule has 0 spiro atoms. The van der Waals surface area contributed by atoms with Crippen LogP contribution in [0, 0.1) is 6.92 Å². The molecular weight excluding hydrogens is 562 g/mol. The molecule has 0 bridgehead atoms. The van der Waals surface area contributed by atoms with Crippen LogP contribution in [0.5, 0.6) is 5.75 Å². The van der Waals surface area contributed by atoms with Gasteiger partial charge in [0.25, 0.3) is 10.0 Å². The predicted molar refractivity (Wildman–Crippen MR) is 163 cm³/mol. The zero-order chi connectivity index (χ0) is 30.2. The lowest BCUT2D eigenvalue weighted by molar-refractivity contribution is -0.139.